The molecular formula is C10H22N2O2. The van der Waals surface area contributed by atoms with Crippen LogP contribution in [0.2, 0.25) is 0 Å². The highest BCUT2D eigenvalue weighted by Crippen LogP contribution is 2.16. The minimum atomic E-state index is -0.488. The molecule has 4 nitrogen and oxygen atoms in total. The average molecular weight is 202 g/mol. The van der Waals surface area contributed by atoms with Gasteiger partial charge in [-0.3, -0.25) is 0 Å². The standard InChI is InChI=1S/C10H22N2O2/c1-14-8-2-5-12-9-10(13)3-6-11-7-4-10/h11-13H,2-9H2,1H3. The lowest BCUT2D eigenvalue weighted by atomic mass is 9.92. The van der Waals surface area contributed by atoms with E-state index in [0.29, 0.717) is 6.54 Å². The van der Waals surface area contributed by atoms with E-state index >= 15 is 0 Å². The summed E-state index contributed by atoms with van der Waals surface area (Å²) in [4.78, 5) is 0. The molecule has 0 saturated carbocycles. The summed E-state index contributed by atoms with van der Waals surface area (Å²) in [6, 6.07) is 0. The van der Waals surface area contributed by atoms with Gasteiger partial charge in [-0.1, -0.05) is 0 Å². The first-order valence-electron chi connectivity index (χ1n) is 5.40. The largest absolute Gasteiger partial charge is 0.388 e. The van der Waals surface area contributed by atoms with Crippen molar-refractivity contribution in [3.05, 3.63) is 0 Å². The van der Waals surface area contributed by atoms with Gasteiger partial charge < -0.3 is 20.5 Å². The Labute approximate surface area is 86.0 Å². The molecule has 1 aliphatic rings. The van der Waals surface area contributed by atoms with Crippen LogP contribution in [0.25, 0.3) is 0 Å². The predicted octanol–water partition coefficient (Wildman–Crippen LogP) is -0.273. The summed E-state index contributed by atoms with van der Waals surface area (Å²) < 4.78 is 4.95. The highest BCUT2D eigenvalue weighted by atomic mass is 16.5. The fraction of sp³-hybridized carbons (Fsp3) is 1.00. The van der Waals surface area contributed by atoms with Crippen LogP contribution in [0, 0.1) is 0 Å². The van der Waals surface area contributed by atoms with E-state index in [-0.39, 0.29) is 0 Å². The summed E-state index contributed by atoms with van der Waals surface area (Å²) in [5.41, 5.74) is -0.488. The lowest BCUT2D eigenvalue weighted by Gasteiger charge is -2.32. The molecule has 0 atom stereocenters. The zero-order chi connectivity index (χ0) is 10.3. The number of ether oxygens (including phenoxy) is 1. The number of nitrogens with one attached hydrogen (secondary N) is 2. The second-order valence-electron chi connectivity index (χ2n) is 4.00. The normalized spacial score (nSPS) is 21.0. The molecule has 0 aromatic heterocycles. The molecule has 0 unspecified atom stereocenters. The van der Waals surface area contributed by atoms with Gasteiger partial charge in [0, 0.05) is 20.3 Å². The molecule has 0 radical (unpaired) electrons. The quantitative estimate of drug-likeness (QED) is 0.519. The molecule has 1 heterocycles. The maximum atomic E-state index is 10.1. The Hall–Kier alpha value is -0.160. The third-order valence-corrected chi connectivity index (χ3v) is 2.69. The van der Waals surface area contributed by atoms with Crippen LogP contribution >= 0.6 is 0 Å². The molecule has 0 amide bonds. The van der Waals surface area contributed by atoms with Crippen LogP contribution in [-0.2, 0) is 4.74 Å². The van der Waals surface area contributed by atoms with Crippen molar-refractivity contribution >= 4 is 0 Å². The number of hydrogen-bond acceptors (Lipinski definition) is 4. The molecule has 0 bridgehead atoms. The maximum Gasteiger partial charge on any atom is 0.0795 e. The van der Waals surface area contributed by atoms with Crippen molar-refractivity contribution in [1.82, 2.24) is 10.6 Å². The molecule has 1 aliphatic heterocycles. The molecule has 1 saturated heterocycles. The first-order chi connectivity index (χ1) is 6.77. The van der Waals surface area contributed by atoms with Crippen LogP contribution in [0.3, 0.4) is 0 Å². The van der Waals surface area contributed by atoms with Gasteiger partial charge >= 0.3 is 0 Å². The number of hydrogen-bond donors (Lipinski definition) is 3. The third kappa shape index (κ3) is 4.37. The fourth-order valence-electron chi connectivity index (χ4n) is 1.73. The van der Waals surface area contributed by atoms with Gasteiger partial charge in [0.2, 0.25) is 0 Å². The molecule has 4 heteroatoms. The van der Waals surface area contributed by atoms with Crippen LogP contribution < -0.4 is 10.6 Å². The Morgan fingerprint density at radius 2 is 2.14 bits per heavy atom. The summed E-state index contributed by atoms with van der Waals surface area (Å²) >= 11 is 0. The summed E-state index contributed by atoms with van der Waals surface area (Å²) in [5.74, 6) is 0. The van der Waals surface area contributed by atoms with E-state index in [1.165, 1.54) is 0 Å². The maximum absolute atomic E-state index is 10.1. The van der Waals surface area contributed by atoms with E-state index in [1.807, 2.05) is 0 Å². The van der Waals surface area contributed by atoms with Crippen LogP contribution in [0.15, 0.2) is 0 Å². The molecule has 1 fully saturated rings. The van der Waals surface area contributed by atoms with Gasteiger partial charge in [-0.2, -0.15) is 0 Å². The monoisotopic (exact) mass is 202 g/mol. The van der Waals surface area contributed by atoms with Crippen LogP contribution in [0.5, 0.6) is 0 Å². The number of aliphatic hydroxyl groups is 1. The molecule has 84 valence electrons. The van der Waals surface area contributed by atoms with Gasteiger partial charge in [0.15, 0.2) is 0 Å². The highest BCUT2D eigenvalue weighted by molar-refractivity contribution is 4.86. The topological polar surface area (TPSA) is 53.5 Å². The van der Waals surface area contributed by atoms with Crippen molar-refractivity contribution in [2.75, 3.05) is 39.9 Å². The van der Waals surface area contributed by atoms with Crippen LogP contribution in [0.1, 0.15) is 19.3 Å². The van der Waals surface area contributed by atoms with Crippen molar-refractivity contribution in [2.45, 2.75) is 24.9 Å². The molecule has 0 spiro atoms. The molecule has 0 aliphatic carbocycles. The van der Waals surface area contributed by atoms with Crippen molar-refractivity contribution in [3.63, 3.8) is 0 Å². The minimum Gasteiger partial charge on any atom is -0.388 e. The molecular weight excluding hydrogens is 180 g/mol. The van der Waals surface area contributed by atoms with Crippen LogP contribution in [0.4, 0.5) is 0 Å². The van der Waals surface area contributed by atoms with Crippen LogP contribution in [-0.4, -0.2) is 50.6 Å². The first-order valence-corrected chi connectivity index (χ1v) is 5.40. The second kappa shape index (κ2) is 6.35. The van der Waals surface area contributed by atoms with E-state index in [9.17, 15) is 5.11 Å². The average Bonchev–Trinajstić information content (AvgIpc) is 2.18. The van der Waals surface area contributed by atoms with Crippen molar-refractivity contribution < 1.29 is 9.84 Å². The van der Waals surface area contributed by atoms with Crippen molar-refractivity contribution in [3.8, 4) is 0 Å². The third-order valence-electron chi connectivity index (χ3n) is 2.69. The number of methoxy groups -OCH3 is 1. The van der Waals surface area contributed by atoms with Crippen molar-refractivity contribution in [1.29, 1.82) is 0 Å². The SMILES string of the molecule is COCCCNCC1(O)CCNCC1. The lowest BCUT2D eigenvalue weighted by molar-refractivity contribution is 0.0110. The van der Waals surface area contributed by atoms with Gasteiger partial charge in [0.25, 0.3) is 0 Å². The minimum absolute atomic E-state index is 0.488. The number of rotatable bonds is 6. The molecule has 3 N–H and O–H groups in total. The smallest absolute Gasteiger partial charge is 0.0795 e. The Morgan fingerprint density at radius 1 is 1.43 bits per heavy atom. The number of piperidine rings is 1. The summed E-state index contributed by atoms with van der Waals surface area (Å²) in [7, 11) is 1.71. The Morgan fingerprint density at radius 3 is 2.79 bits per heavy atom. The van der Waals surface area contributed by atoms with E-state index in [2.05, 4.69) is 10.6 Å². The Kier molecular flexibility index (Phi) is 5.40. The lowest BCUT2D eigenvalue weighted by Crippen LogP contribution is -2.48. The Balaban J connectivity index is 2.03. The molecule has 1 rings (SSSR count). The summed E-state index contributed by atoms with van der Waals surface area (Å²) in [5, 5.41) is 16.6. The summed E-state index contributed by atoms with van der Waals surface area (Å²) in [6.45, 7) is 4.27. The zero-order valence-corrected chi connectivity index (χ0v) is 9.01. The molecule has 0 aromatic rings. The molecule has 0 aromatic carbocycles. The van der Waals surface area contributed by atoms with E-state index in [4.69, 9.17) is 4.74 Å². The zero-order valence-electron chi connectivity index (χ0n) is 9.01. The van der Waals surface area contributed by atoms with Gasteiger partial charge in [-0.05, 0) is 38.9 Å². The van der Waals surface area contributed by atoms with Crippen molar-refractivity contribution in [2.24, 2.45) is 0 Å². The van der Waals surface area contributed by atoms with Gasteiger partial charge in [0.1, 0.15) is 0 Å². The van der Waals surface area contributed by atoms with E-state index < -0.39 is 5.60 Å². The van der Waals surface area contributed by atoms with Gasteiger partial charge in [0.05, 0.1) is 5.60 Å². The van der Waals surface area contributed by atoms with Gasteiger partial charge in [-0.15, -0.1) is 0 Å². The fourth-order valence-corrected chi connectivity index (χ4v) is 1.73. The summed E-state index contributed by atoms with van der Waals surface area (Å²) in [6.07, 6.45) is 2.71. The Bertz CT molecular complexity index is 147. The van der Waals surface area contributed by atoms with Gasteiger partial charge in [-0.25, -0.2) is 0 Å². The molecule has 14 heavy (non-hydrogen) atoms. The first kappa shape index (κ1) is 11.9. The van der Waals surface area contributed by atoms with E-state index in [1.54, 1.807) is 7.11 Å². The second-order valence-corrected chi connectivity index (χ2v) is 4.00. The predicted molar refractivity (Wildman–Crippen MR) is 56.4 cm³/mol. The van der Waals surface area contributed by atoms with E-state index in [0.717, 1.165) is 45.5 Å². The highest BCUT2D eigenvalue weighted by Gasteiger charge is 2.28.